The van der Waals surface area contributed by atoms with Crippen LogP contribution >= 0.6 is 12.4 Å². The Morgan fingerprint density at radius 1 is 1.00 bits per heavy atom. The van der Waals surface area contributed by atoms with Gasteiger partial charge in [0.25, 0.3) is 0 Å². The van der Waals surface area contributed by atoms with E-state index in [-0.39, 0.29) is 18.2 Å². The van der Waals surface area contributed by atoms with Crippen molar-refractivity contribution in [3.8, 4) is 0 Å². The Labute approximate surface area is 83.9 Å². The predicted octanol–water partition coefficient (Wildman–Crippen LogP) is 0.223. The minimum atomic E-state index is -1.29. The van der Waals surface area contributed by atoms with E-state index in [2.05, 4.69) is 0 Å². The monoisotopic (exact) mass is 212 g/mol. The highest BCUT2D eigenvalue weighted by molar-refractivity contribution is 5.85. The van der Waals surface area contributed by atoms with Crippen LogP contribution in [0.4, 0.5) is 0 Å². The quantitative estimate of drug-likeness (QED) is 0.503. The highest BCUT2D eigenvalue weighted by Crippen LogP contribution is 2.25. The number of rotatable bonds is 4. The van der Waals surface area contributed by atoms with E-state index in [4.69, 9.17) is 15.3 Å². The summed E-state index contributed by atoms with van der Waals surface area (Å²) in [6, 6.07) is 0. The lowest BCUT2D eigenvalue weighted by Gasteiger charge is -2.27. The van der Waals surface area contributed by atoms with Gasteiger partial charge in [0.1, 0.15) is 5.76 Å². The summed E-state index contributed by atoms with van der Waals surface area (Å²) in [7, 11) is 0. The van der Waals surface area contributed by atoms with Gasteiger partial charge in [-0.3, -0.25) is 0 Å². The van der Waals surface area contributed by atoms with Gasteiger partial charge in [0.05, 0.1) is 25.2 Å². The molecule has 0 aliphatic carbocycles. The van der Waals surface area contributed by atoms with Crippen LogP contribution in [0.25, 0.3) is 0 Å². The molecule has 0 fully saturated rings. The molecule has 0 radical (unpaired) electrons. The van der Waals surface area contributed by atoms with Crippen LogP contribution in [0.2, 0.25) is 0 Å². The van der Waals surface area contributed by atoms with Crippen molar-refractivity contribution in [2.45, 2.75) is 13.8 Å². The molecule has 0 aromatic rings. The Bertz CT molecular complexity index is 163. The maximum atomic E-state index is 9.44. The lowest BCUT2D eigenvalue weighted by atomic mass is 9.87. The van der Waals surface area contributed by atoms with Gasteiger partial charge in [-0.05, 0) is 19.4 Å². The first-order valence-electron chi connectivity index (χ1n) is 3.73. The average Bonchev–Trinajstić information content (AvgIpc) is 2.08. The van der Waals surface area contributed by atoms with Crippen LogP contribution < -0.4 is 0 Å². The van der Waals surface area contributed by atoms with Gasteiger partial charge in [-0.2, -0.15) is 0 Å². The molecule has 0 saturated carbocycles. The number of aliphatic hydroxyl groups excluding tert-OH is 4. The summed E-state index contributed by atoms with van der Waals surface area (Å²) in [6.07, 6.45) is 0. The number of hydrogen-bond donors (Lipinski definition) is 4. The highest BCUT2D eigenvalue weighted by atomic mass is 35.5. The van der Waals surface area contributed by atoms with Gasteiger partial charge in [-0.25, -0.2) is 0 Å². The second kappa shape index (κ2) is 6.21. The average molecular weight is 213 g/mol. The zero-order valence-corrected chi connectivity index (χ0v) is 8.63. The first kappa shape index (κ1) is 15.2. The van der Waals surface area contributed by atoms with Crippen molar-refractivity contribution < 1.29 is 20.4 Å². The number of aliphatic hydroxyl groups is 4. The van der Waals surface area contributed by atoms with Crippen LogP contribution in [0.3, 0.4) is 0 Å². The van der Waals surface area contributed by atoms with E-state index in [1.54, 1.807) is 13.8 Å². The van der Waals surface area contributed by atoms with E-state index in [9.17, 15) is 5.11 Å². The molecule has 0 aliphatic rings. The first-order valence-corrected chi connectivity index (χ1v) is 3.73. The van der Waals surface area contributed by atoms with Crippen LogP contribution in [0.5, 0.6) is 0 Å². The number of hydrogen-bond acceptors (Lipinski definition) is 4. The fourth-order valence-corrected chi connectivity index (χ4v) is 0.905. The molecule has 0 aromatic heterocycles. The first-order chi connectivity index (χ1) is 5.54. The summed E-state index contributed by atoms with van der Waals surface area (Å²) < 4.78 is 0. The minimum Gasteiger partial charge on any atom is -0.512 e. The molecule has 0 spiro atoms. The van der Waals surface area contributed by atoms with Crippen LogP contribution in [0.1, 0.15) is 13.8 Å². The van der Waals surface area contributed by atoms with Crippen molar-refractivity contribution in [2.24, 2.45) is 5.41 Å². The minimum absolute atomic E-state index is 0. The van der Waals surface area contributed by atoms with Crippen molar-refractivity contribution >= 4 is 12.4 Å². The molecular formula is C8H17ClO4. The molecule has 0 aromatic carbocycles. The van der Waals surface area contributed by atoms with Gasteiger partial charge >= 0.3 is 0 Å². The van der Waals surface area contributed by atoms with Crippen molar-refractivity contribution in [2.75, 3.05) is 19.8 Å². The van der Waals surface area contributed by atoms with E-state index in [0.717, 1.165) is 0 Å². The van der Waals surface area contributed by atoms with Gasteiger partial charge in [-0.1, -0.05) is 0 Å². The van der Waals surface area contributed by atoms with E-state index in [1.807, 2.05) is 0 Å². The number of halogens is 1. The molecule has 4 N–H and O–H groups in total. The van der Waals surface area contributed by atoms with Gasteiger partial charge in [-0.15, -0.1) is 12.4 Å². The Morgan fingerprint density at radius 3 is 1.38 bits per heavy atom. The molecule has 0 aliphatic heterocycles. The maximum absolute atomic E-state index is 9.44. The fourth-order valence-electron chi connectivity index (χ4n) is 0.905. The normalized spacial score (nSPS) is 10.5. The Morgan fingerprint density at radius 2 is 1.31 bits per heavy atom. The van der Waals surface area contributed by atoms with E-state index < -0.39 is 25.2 Å². The molecule has 0 atom stereocenters. The molecule has 0 rings (SSSR count). The lowest BCUT2D eigenvalue weighted by molar-refractivity contribution is 0.00366. The van der Waals surface area contributed by atoms with Crippen LogP contribution in [0, 0.1) is 5.41 Å². The summed E-state index contributed by atoms with van der Waals surface area (Å²) in [4.78, 5) is 0. The molecule has 4 nitrogen and oxygen atoms in total. The van der Waals surface area contributed by atoms with E-state index in [1.165, 1.54) is 0 Å². The second-order valence-corrected chi connectivity index (χ2v) is 3.10. The third kappa shape index (κ3) is 3.15. The molecule has 13 heavy (non-hydrogen) atoms. The third-order valence-corrected chi connectivity index (χ3v) is 1.88. The van der Waals surface area contributed by atoms with Crippen LogP contribution in [-0.4, -0.2) is 40.2 Å². The topological polar surface area (TPSA) is 80.9 Å². The van der Waals surface area contributed by atoms with Crippen molar-refractivity contribution in [3.05, 3.63) is 11.3 Å². The zero-order chi connectivity index (χ0) is 9.78. The van der Waals surface area contributed by atoms with Crippen molar-refractivity contribution in [3.63, 3.8) is 0 Å². The molecule has 0 unspecified atom stereocenters. The van der Waals surface area contributed by atoms with Crippen molar-refractivity contribution in [1.29, 1.82) is 0 Å². The van der Waals surface area contributed by atoms with Gasteiger partial charge in [0.15, 0.2) is 0 Å². The van der Waals surface area contributed by atoms with E-state index in [0.29, 0.717) is 5.57 Å². The van der Waals surface area contributed by atoms with Crippen molar-refractivity contribution in [1.82, 2.24) is 0 Å². The maximum Gasteiger partial charge on any atom is 0.104 e. The molecule has 0 saturated heterocycles. The molecule has 0 amide bonds. The summed E-state index contributed by atoms with van der Waals surface area (Å²) >= 11 is 0. The Kier molecular flexibility index (Phi) is 7.26. The van der Waals surface area contributed by atoms with Gasteiger partial charge < -0.3 is 20.4 Å². The Balaban J connectivity index is 0. The SMILES string of the molecule is CC(C)=C(O)C(CO)(CO)CO.Cl. The van der Waals surface area contributed by atoms with Gasteiger partial charge in [0, 0.05) is 0 Å². The summed E-state index contributed by atoms with van der Waals surface area (Å²) in [6.45, 7) is 1.86. The Hall–Kier alpha value is -0.290. The molecule has 5 heteroatoms. The van der Waals surface area contributed by atoms with E-state index >= 15 is 0 Å². The smallest absolute Gasteiger partial charge is 0.104 e. The largest absolute Gasteiger partial charge is 0.512 e. The predicted molar refractivity (Wildman–Crippen MR) is 51.9 cm³/mol. The summed E-state index contributed by atoms with van der Waals surface area (Å²) in [5, 5.41) is 36.1. The highest BCUT2D eigenvalue weighted by Gasteiger charge is 2.33. The summed E-state index contributed by atoms with van der Waals surface area (Å²) in [5.41, 5.74) is -0.717. The molecule has 0 bridgehead atoms. The van der Waals surface area contributed by atoms with Crippen LogP contribution in [-0.2, 0) is 0 Å². The molecule has 80 valence electrons. The fraction of sp³-hybridized carbons (Fsp3) is 0.750. The van der Waals surface area contributed by atoms with Gasteiger partial charge in [0.2, 0.25) is 0 Å². The van der Waals surface area contributed by atoms with Crippen LogP contribution in [0.15, 0.2) is 11.3 Å². The molecular weight excluding hydrogens is 196 g/mol. The lowest BCUT2D eigenvalue weighted by Crippen LogP contribution is -2.36. The summed E-state index contributed by atoms with van der Waals surface area (Å²) in [5.74, 6) is -0.144. The standard InChI is InChI=1S/C8H16O4.ClH/c1-6(2)7(12)8(3-9,4-10)5-11;/h9-12H,3-5H2,1-2H3;1H. The molecule has 0 heterocycles. The third-order valence-electron chi connectivity index (χ3n) is 1.88. The second-order valence-electron chi connectivity index (χ2n) is 3.10. The zero-order valence-electron chi connectivity index (χ0n) is 7.82. The number of allylic oxidation sites excluding steroid dienone is 1.